The third-order valence-electron chi connectivity index (χ3n) is 6.22. The molecular formula is C27H24N5O2+. The number of hydrogen-bond donors (Lipinski definition) is 2. The van der Waals surface area contributed by atoms with Crippen LogP contribution in [0.4, 0.5) is 5.69 Å². The summed E-state index contributed by atoms with van der Waals surface area (Å²) in [6.07, 6.45) is 7.04. The SMILES string of the molecule is C=CC(=O)N1CCc2ccc(-n3c(=O)ccc4cnc5ccc(/C(C=N)=C/[NH2+]C)cc5c43)cc21. The lowest BCUT2D eigenvalue weighted by molar-refractivity contribution is -0.555. The molecule has 34 heavy (non-hydrogen) atoms. The molecule has 0 unspecified atom stereocenters. The van der Waals surface area contributed by atoms with Crippen molar-refractivity contribution in [3.8, 4) is 5.69 Å². The molecule has 5 rings (SSSR count). The monoisotopic (exact) mass is 450 g/mol. The van der Waals surface area contributed by atoms with Gasteiger partial charge in [-0.3, -0.25) is 19.1 Å². The lowest BCUT2D eigenvalue weighted by Crippen LogP contribution is -2.72. The smallest absolute Gasteiger partial charge is 0.255 e. The molecule has 0 atom stereocenters. The van der Waals surface area contributed by atoms with Crippen molar-refractivity contribution in [3.05, 3.63) is 95.1 Å². The van der Waals surface area contributed by atoms with Crippen LogP contribution in [0.15, 0.2) is 78.4 Å². The van der Waals surface area contributed by atoms with E-state index in [1.54, 1.807) is 21.7 Å². The molecule has 0 spiro atoms. The Balaban J connectivity index is 1.81. The van der Waals surface area contributed by atoms with Gasteiger partial charge in [-0.1, -0.05) is 18.7 Å². The van der Waals surface area contributed by atoms with E-state index in [0.29, 0.717) is 12.2 Å². The molecule has 0 bridgehead atoms. The zero-order valence-corrected chi connectivity index (χ0v) is 18.8. The first-order chi connectivity index (χ1) is 16.5. The molecule has 1 amide bonds. The van der Waals surface area contributed by atoms with E-state index < -0.39 is 0 Å². The molecule has 1 aliphatic rings. The molecular weight excluding hydrogens is 426 g/mol. The van der Waals surface area contributed by atoms with Crippen LogP contribution < -0.4 is 15.8 Å². The zero-order chi connectivity index (χ0) is 23.8. The topological polar surface area (TPSA) is 95.7 Å². The zero-order valence-electron chi connectivity index (χ0n) is 18.8. The third kappa shape index (κ3) is 3.43. The van der Waals surface area contributed by atoms with Gasteiger partial charge in [0, 0.05) is 41.5 Å². The van der Waals surface area contributed by atoms with E-state index >= 15 is 0 Å². The van der Waals surface area contributed by atoms with Crippen molar-refractivity contribution in [2.75, 3.05) is 18.5 Å². The quantitative estimate of drug-likeness (QED) is 0.278. The molecule has 7 heteroatoms. The predicted molar refractivity (Wildman–Crippen MR) is 136 cm³/mol. The first-order valence-electron chi connectivity index (χ1n) is 11.1. The van der Waals surface area contributed by atoms with Crippen LogP contribution in [-0.2, 0) is 11.2 Å². The minimum atomic E-state index is -0.172. The van der Waals surface area contributed by atoms with Crippen molar-refractivity contribution in [2.24, 2.45) is 0 Å². The number of quaternary nitrogens is 1. The number of benzene rings is 2. The number of rotatable bonds is 5. The van der Waals surface area contributed by atoms with Gasteiger partial charge in [0.25, 0.3) is 5.56 Å². The highest BCUT2D eigenvalue weighted by Crippen LogP contribution is 2.32. The Hall–Kier alpha value is -4.36. The van der Waals surface area contributed by atoms with Crippen molar-refractivity contribution < 1.29 is 10.1 Å². The van der Waals surface area contributed by atoms with Gasteiger partial charge in [-0.15, -0.1) is 0 Å². The molecule has 1 aliphatic heterocycles. The number of allylic oxidation sites excluding steroid dienone is 1. The predicted octanol–water partition coefficient (Wildman–Crippen LogP) is 2.80. The standard InChI is InChI=1S/C27H23N5O2/c1-3-25(33)31-11-10-17-4-7-21(13-24(17)31)32-26(34)9-6-19-16-30-23-8-5-18(12-22(23)27(19)32)20(14-28)15-29-2/h3-9,12-16,28-29H,1,10-11H2,2H3/p+1/b20-15+,28-14?. The van der Waals surface area contributed by atoms with E-state index in [2.05, 4.69) is 11.6 Å². The van der Waals surface area contributed by atoms with Crippen LogP contribution in [0, 0.1) is 5.41 Å². The molecule has 0 saturated carbocycles. The van der Waals surface area contributed by atoms with Crippen LogP contribution in [-0.4, -0.2) is 35.3 Å². The molecule has 2 aromatic heterocycles. The summed E-state index contributed by atoms with van der Waals surface area (Å²) in [4.78, 5) is 31.9. The number of anilines is 1. The van der Waals surface area contributed by atoms with Crippen molar-refractivity contribution in [2.45, 2.75) is 6.42 Å². The summed E-state index contributed by atoms with van der Waals surface area (Å²) in [5, 5.41) is 11.3. The molecule has 0 radical (unpaired) electrons. The number of nitrogens with zero attached hydrogens (tertiary/aromatic N) is 3. The molecule has 2 aromatic carbocycles. The molecule has 3 N–H and O–H groups in total. The number of nitrogens with one attached hydrogen (secondary N) is 1. The number of fused-ring (bicyclic) bond motifs is 4. The second-order valence-corrected chi connectivity index (χ2v) is 8.16. The molecule has 168 valence electrons. The van der Waals surface area contributed by atoms with Gasteiger partial charge < -0.3 is 15.6 Å². The maximum atomic E-state index is 13.2. The Morgan fingerprint density at radius 1 is 1.18 bits per heavy atom. The highest BCUT2D eigenvalue weighted by molar-refractivity contribution is 6.11. The van der Waals surface area contributed by atoms with E-state index in [1.807, 2.05) is 55.0 Å². The van der Waals surface area contributed by atoms with Crippen molar-refractivity contribution in [1.82, 2.24) is 9.55 Å². The molecule has 0 fully saturated rings. The number of nitrogens with two attached hydrogens (primary N) is 1. The maximum Gasteiger partial charge on any atom is 0.255 e. The Morgan fingerprint density at radius 2 is 2.03 bits per heavy atom. The molecule has 3 heterocycles. The van der Waals surface area contributed by atoms with Crippen molar-refractivity contribution in [1.29, 1.82) is 5.41 Å². The van der Waals surface area contributed by atoms with Gasteiger partial charge in [0.15, 0.2) is 0 Å². The second-order valence-electron chi connectivity index (χ2n) is 8.16. The van der Waals surface area contributed by atoms with Crippen LogP contribution >= 0.6 is 0 Å². The summed E-state index contributed by atoms with van der Waals surface area (Å²) in [6, 6.07) is 14.9. The molecule has 7 nitrogen and oxygen atoms in total. The van der Waals surface area contributed by atoms with Gasteiger partial charge in [0.1, 0.15) is 6.20 Å². The van der Waals surface area contributed by atoms with Gasteiger partial charge >= 0.3 is 0 Å². The van der Waals surface area contributed by atoms with Gasteiger partial charge in [-0.25, -0.2) is 0 Å². The van der Waals surface area contributed by atoms with Crippen molar-refractivity contribution in [3.63, 3.8) is 0 Å². The highest BCUT2D eigenvalue weighted by Gasteiger charge is 2.24. The lowest BCUT2D eigenvalue weighted by Gasteiger charge is -2.18. The number of amides is 1. The summed E-state index contributed by atoms with van der Waals surface area (Å²) >= 11 is 0. The van der Waals surface area contributed by atoms with Crippen LogP contribution in [0.2, 0.25) is 0 Å². The van der Waals surface area contributed by atoms with E-state index in [9.17, 15) is 9.59 Å². The van der Waals surface area contributed by atoms with Crippen LogP contribution in [0.5, 0.6) is 0 Å². The van der Waals surface area contributed by atoms with Crippen LogP contribution in [0.3, 0.4) is 0 Å². The summed E-state index contributed by atoms with van der Waals surface area (Å²) in [7, 11) is 1.91. The highest BCUT2D eigenvalue weighted by atomic mass is 16.2. The fourth-order valence-corrected chi connectivity index (χ4v) is 4.60. The summed E-state index contributed by atoms with van der Waals surface area (Å²) in [6.45, 7) is 4.21. The number of carbonyl (C=O) groups is 1. The maximum absolute atomic E-state index is 13.2. The van der Waals surface area contributed by atoms with E-state index in [0.717, 1.165) is 50.6 Å². The Labute approximate surface area is 196 Å². The van der Waals surface area contributed by atoms with Gasteiger partial charge in [0.2, 0.25) is 5.91 Å². The average molecular weight is 451 g/mol. The summed E-state index contributed by atoms with van der Waals surface area (Å²) in [5.41, 5.74) is 5.51. The first kappa shape index (κ1) is 21.5. The fourth-order valence-electron chi connectivity index (χ4n) is 4.60. The first-order valence-corrected chi connectivity index (χ1v) is 11.1. The molecule has 0 saturated heterocycles. The van der Waals surface area contributed by atoms with Gasteiger partial charge in [-0.2, -0.15) is 0 Å². The van der Waals surface area contributed by atoms with Crippen LogP contribution in [0.25, 0.3) is 33.1 Å². The van der Waals surface area contributed by atoms with Crippen LogP contribution in [0.1, 0.15) is 11.1 Å². The number of pyridine rings is 2. The number of carbonyl (C=O) groups excluding carboxylic acids is 1. The third-order valence-corrected chi connectivity index (χ3v) is 6.22. The Morgan fingerprint density at radius 3 is 2.79 bits per heavy atom. The van der Waals surface area contributed by atoms with Crippen molar-refractivity contribution >= 4 is 45.2 Å². The number of hydrogen-bond acceptors (Lipinski definition) is 4. The molecule has 4 aromatic rings. The molecule has 0 aliphatic carbocycles. The lowest BCUT2D eigenvalue weighted by atomic mass is 10.0. The Bertz CT molecular complexity index is 1580. The summed E-state index contributed by atoms with van der Waals surface area (Å²) < 4.78 is 1.68. The number of aromatic nitrogens is 2. The minimum absolute atomic E-state index is 0.154. The van der Waals surface area contributed by atoms with Gasteiger partial charge in [0.05, 0.1) is 29.3 Å². The fraction of sp³-hybridized carbons (Fsp3) is 0.111. The van der Waals surface area contributed by atoms with E-state index in [4.69, 9.17) is 5.41 Å². The van der Waals surface area contributed by atoms with Gasteiger partial charge in [-0.05, 0) is 54.0 Å². The van der Waals surface area contributed by atoms with E-state index in [1.165, 1.54) is 18.4 Å². The summed E-state index contributed by atoms with van der Waals surface area (Å²) in [5.74, 6) is -0.154. The minimum Gasteiger partial charge on any atom is -0.322 e. The largest absolute Gasteiger partial charge is 0.322 e. The van der Waals surface area contributed by atoms with E-state index in [-0.39, 0.29) is 11.5 Å². The average Bonchev–Trinajstić information content (AvgIpc) is 3.29. The second kappa shape index (κ2) is 8.53. The Kier molecular flexibility index (Phi) is 5.39. The normalized spacial score (nSPS) is 13.3.